The Morgan fingerprint density at radius 1 is 0.875 bits per heavy atom. The number of ether oxygens (including phenoxy) is 6. The van der Waals surface area contributed by atoms with Gasteiger partial charge in [0, 0.05) is 62.1 Å². The van der Waals surface area contributed by atoms with Gasteiger partial charge < -0.3 is 54.6 Å². The Bertz CT molecular complexity index is 2280. The molecule has 1 fully saturated rings. The number of pyridine rings is 1. The van der Waals surface area contributed by atoms with Gasteiger partial charge in [-0.3, -0.25) is 24.5 Å². The maximum Gasteiger partial charge on any atom is 0.323 e. The summed E-state index contributed by atoms with van der Waals surface area (Å²) in [6.45, 7) is 5.59. The first kappa shape index (κ1) is 47.8. The van der Waals surface area contributed by atoms with Crippen LogP contribution in [0.4, 0.5) is 21.9 Å². The first-order valence-electron chi connectivity index (χ1n) is 20.5. The van der Waals surface area contributed by atoms with Crippen molar-refractivity contribution in [1.82, 2.24) is 35.1 Å². The number of piperidine rings is 1. The second-order valence-electron chi connectivity index (χ2n) is 14.3. The van der Waals surface area contributed by atoms with Crippen molar-refractivity contribution in [2.24, 2.45) is 0 Å². The summed E-state index contributed by atoms with van der Waals surface area (Å²) < 4.78 is 34.9. The lowest BCUT2D eigenvalue weighted by Crippen LogP contribution is -2.52. The number of halogens is 2. The van der Waals surface area contributed by atoms with E-state index in [1.165, 1.54) is 35.0 Å². The number of amides is 6. The van der Waals surface area contributed by atoms with E-state index in [-0.39, 0.29) is 72.1 Å². The SMILES string of the molecule is COC(C)c1c(NC(=O)Nc2cc(Cl)cnc2OCCNC(=O)CCOCCOCCOCCOCCNc2cccc3c2CN(C2CCC(=O)NC2=O)C3=O)cnc2cc(Cl)nn12. The summed E-state index contributed by atoms with van der Waals surface area (Å²) >= 11 is 12.2. The summed E-state index contributed by atoms with van der Waals surface area (Å²) in [5, 5.41) is 18.5. The third kappa shape index (κ3) is 13.2. The van der Waals surface area contributed by atoms with Crippen molar-refractivity contribution in [2.75, 3.05) is 95.6 Å². The zero-order valence-electron chi connectivity index (χ0n) is 35.3. The van der Waals surface area contributed by atoms with Gasteiger partial charge in [-0.25, -0.2) is 19.3 Å². The minimum absolute atomic E-state index is 0.0583. The number of carbonyl (C=O) groups excluding carboxylic acids is 5. The van der Waals surface area contributed by atoms with Crippen LogP contribution >= 0.6 is 23.2 Å². The molecule has 5 heterocycles. The fourth-order valence-electron chi connectivity index (χ4n) is 6.79. The Balaban J connectivity index is 0.763. The number of benzene rings is 1. The first-order valence-corrected chi connectivity index (χ1v) is 21.3. The van der Waals surface area contributed by atoms with Crippen LogP contribution in [0.1, 0.15) is 53.9 Å². The van der Waals surface area contributed by atoms with Gasteiger partial charge in [-0.05, 0) is 31.5 Å². The van der Waals surface area contributed by atoms with Crippen LogP contribution in [-0.4, -0.2) is 140 Å². The van der Waals surface area contributed by atoms with E-state index in [1.807, 2.05) is 6.07 Å². The van der Waals surface area contributed by atoms with Gasteiger partial charge in [0.2, 0.25) is 23.6 Å². The lowest BCUT2D eigenvalue weighted by molar-refractivity contribution is -0.137. The molecule has 0 aliphatic carbocycles. The van der Waals surface area contributed by atoms with E-state index in [4.69, 9.17) is 51.6 Å². The van der Waals surface area contributed by atoms with Crippen LogP contribution in [0.2, 0.25) is 10.2 Å². The Kier molecular flexibility index (Phi) is 17.8. The largest absolute Gasteiger partial charge is 0.474 e. The number of aromatic nitrogens is 4. The first-order chi connectivity index (χ1) is 31.0. The maximum absolute atomic E-state index is 13.1. The summed E-state index contributed by atoms with van der Waals surface area (Å²) in [6.07, 6.45) is 3.03. The van der Waals surface area contributed by atoms with Gasteiger partial charge in [0.1, 0.15) is 18.3 Å². The zero-order valence-corrected chi connectivity index (χ0v) is 36.8. The third-order valence-electron chi connectivity index (χ3n) is 9.94. The molecule has 21 nitrogen and oxygen atoms in total. The van der Waals surface area contributed by atoms with Crippen molar-refractivity contribution in [1.29, 1.82) is 0 Å². The van der Waals surface area contributed by atoms with Crippen molar-refractivity contribution in [3.05, 3.63) is 69.7 Å². The molecular weight excluding hydrogens is 879 g/mol. The number of rotatable bonds is 25. The number of fused-ring (bicyclic) bond motifs is 2. The number of hydrogen-bond acceptors (Lipinski definition) is 15. The van der Waals surface area contributed by atoms with Gasteiger partial charge in [0.05, 0.1) is 88.1 Å². The zero-order chi connectivity index (χ0) is 45.4. The number of urea groups is 1. The van der Waals surface area contributed by atoms with Gasteiger partial charge in [0.25, 0.3) is 5.91 Å². The molecule has 6 amide bonds. The van der Waals surface area contributed by atoms with E-state index in [1.54, 1.807) is 25.1 Å². The highest BCUT2D eigenvalue weighted by Gasteiger charge is 2.39. The minimum atomic E-state index is -0.664. The number of methoxy groups -OCH3 is 1. The van der Waals surface area contributed by atoms with Crippen molar-refractivity contribution >= 4 is 75.6 Å². The van der Waals surface area contributed by atoms with Crippen LogP contribution in [0, 0.1) is 0 Å². The van der Waals surface area contributed by atoms with Crippen LogP contribution in [0.3, 0.4) is 0 Å². The molecule has 23 heteroatoms. The smallest absolute Gasteiger partial charge is 0.323 e. The van der Waals surface area contributed by atoms with E-state index in [0.717, 1.165) is 11.3 Å². The van der Waals surface area contributed by atoms with Gasteiger partial charge in [-0.2, -0.15) is 5.10 Å². The fraction of sp³-hybridized carbons (Fsp3) is 0.463. The molecule has 2 aliphatic rings. The van der Waals surface area contributed by atoms with Gasteiger partial charge in [-0.15, -0.1) is 0 Å². The number of carbonyl (C=O) groups is 5. The quantitative estimate of drug-likeness (QED) is 0.0471. The molecule has 344 valence electrons. The Morgan fingerprint density at radius 3 is 2.33 bits per heavy atom. The Hall–Kier alpha value is -5.68. The summed E-state index contributed by atoms with van der Waals surface area (Å²) in [6, 6.07) is 7.19. The predicted molar refractivity (Wildman–Crippen MR) is 233 cm³/mol. The Labute approximate surface area is 378 Å². The molecule has 64 heavy (non-hydrogen) atoms. The van der Waals surface area contributed by atoms with Gasteiger partial charge >= 0.3 is 6.03 Å². The lowest BCUT2D eigenvalue weighted by atomic mass is 10.0. The third-order valence-corrected chi connectivity index (χ3v) is 10.3. The molecule has 5 N–H and O–H groups in total. The topological polar surface area (TPSA) is 247 Å². The molecule has 0 bridgehead atoms. The van der Waals surface area contributed by atoms with E-state index in [9.17, 15) is 24.0 Å². The number of nitrogens with zero attached hydrogens (tertiary/aromatic N) is 5. The normalized spacial score (nSPS) is 15.2. The fourth-order valence-corrected chi connectivity index (χ4v) is 7.12. The van der Waals surface area contributed by atoms with Crippen LogP contribution in [0.25, 0.3) is 5.65 Å². The summed E-state index contributed by atoms with van der Waals surface area (Å²) in [4.78, 5) is 72.3. The Morgan fingerprint density at radius 2 is 1.59 bits per heavy atom. The van der Waals surface area contributed by atoms with E-state index in [2.05, 4.69) is 41.7 Å². The maximum atomic E-state index is 13.1. The molecular formula is C41H50Cl2N10O11. The molecule has 6 rings (SSSR count). The summed E-state index contributed by atoms with van der Waals surface area (Å²) in [7, 11) is 1.53. The summed E-state index contributed by atoms with van der Waals surface area (Å²) in [5.41, 5.74) is 3.70. The average Bonchev–Trinajstić information content (AvgIpc) is 3.82. The van der Waals surface area contributed by atoms with Gasteiger partial charge in [-0.1, -0.05) is 29.3 Å². The lowest BCUT2D eigenvalue weighted by Gasteiger charge is -2.29. The molecule has 1 saturated heterocycles. The number of imide groups is 1. The van der Waals surface area contributed by atoms with E-state index < -0.39 is 24.1 Å². The molecule has 2 aliphatic heterocycles. The second kappa shape index (κ2) is 23.8. The standard InChI is InChI=1S/C41H50Cl2N10O11/c1-25(59-2)37-31(23-46-34-21-33(43)51-53(34)37)49-41(58)48-30-20-26(42)22-47-39(30)64-13-10-45-35(54)8-11-60-14-16-62-18-19-63-17-15-61-12-9-44-29-5-3-4-27-28(29)24-52(40(27)57)32-6-7-36(55)50-38(32)56/h3-5,20-23,25,32,44H,6-19,24H2,1-2H3,(H,45,54)(H2,48,49,58)(H,50,55,56). The molecule has 2 atom stereocenters. The van der Waals surface area contributed by atoms with E-state index in [0.29, 0.717) is 88.4 Å². The van der Waals surface area contributed by atoms with Crippen LogP contribution in [-0.2, 0) is 44.6 Å². The molecule has 0 spiro atoms. The van der Waals surface area contributed by atoms with Crippen LogP contribution in [0.5, 0.6) is 5.88 Å². The molecule has 1 aromatic carbocycles. The number of anilines is 3. The average molecular weight is 930 g/mol. The van der Waals surface area contributed by atoms with Gasteiger partial charge in [0.15, 0.2) is 10.8 Å². The number of hydrogen-bond donors (Lipinski definition) is 5. The molecule has 0 saturated carbocycles. The monoisotopic (exact) mass is 928 g/mol. The van der Waals surface area contributed by atoms with Crippen molar-refractivity contribution in [3.8, 4) is 5.88 Å². The molecule has 2 unspecified atom stereocenters. The molecule has 4 aromatic rings. The van der Waals surface area contributed by atoms with Crippen molar-refractivity contribution in [3.63, 3.8) is 0 Å². The summed E-state index contributed by atoms with van der Waals surface area (Å²) in [5.74, 6) is -1.12. The highest BCUT2D eigenvalue weighted by molar-refractivity contribution is 6.31. The predicted octanol–water partition coefficient (Wildman–Crippen LogP) is 3.61. The minimum Gasteiger partial charge on any atom is -0.474 e. The van der Waals surface area contributed by atoms with Crippen molar-refractivity contribution < 1.29 is 52.4 Å². The van der Waals surface area contributed by atoms with Crippen molar-refractivity contribution in [2.45, 2.75) is 44.9 Å². The van der Waals surface area contributed by atoms with Crippen LogP contribution < -0.4 is 31.3 Å². The molecule has 3 aromatic heterocycles. The highest BCUT2D eigenvalue weighted by atomic mass is 35.5. The highest BCUT2D eigenvalue weighted by Crippen LogP contribution is 2.33. The molecule has 0 radical (unpaired) electrons. The van der Waals surface area contributed by atoms with Crippen LogP contribution in [0.15, 0.2) is 42.7 Å². The number of nitrogens with one attached hydrogen (secondary N) is 5. The second-order valence-corrected chi connectivity index (χ2v) is 15.1. The van der Waals surface area contributed by atoms with E-state index >= 15 is 0 Å².